The molecule has 2 rings (SSSR count). The maximum Gasteiger partial charge on any atom is 0.133 e. The summed E-state index contributed by atoms with van der Waals surface area (Å²) in [5.74, 6) is 0.751. The van der Waals surface area contributed by atoms with E-state index in [1.54, 1.807) is 0 Å². The number of ether oxygens (including phenoxy) is 1. The minimum Gasteiger partial charge on any atom is -0.457 e. The molecule has 0 atom stereocenters. The smallest absolute Gasteiger partial charge is 0.133 e. The predicted octanol–water partition coefficient (Wildman–Crippen LogP) is 4.41. The van der Waals surface area contributed by atoms with Crippen LogP contribution in [0.4, 0.5) is 4.39 Å². The first-order valence-corrected chi connectivity index (χ1v) is 6.58. The lowest BCUT2D eigenvalue weighted by Gasteiger charge is -2.19. The van der Waals surface area contributed by atoms with Crippen LogP contribution in [0.3, 0.4) is 0 Å². The molecule has 2 nitrogen and oxygen atoms in total. The topological polar surface area (TPSA) is 29.5 Å². The number of aliphatic hydroxyl groups is 1. The van der Waals surface area contributed by atoms with E-state index in [4.69, 9.17) is 4.74 Å². The lowest BCUT2D eigenvalue weighted by Crippen LogP contribution is -2.10. The highest BCUT2D eigenvalue weighted by molar-refractivity contribution is 5.39. The number of benzene rings is 2. The first kappa shape index (κ1) is 14.5. The Kier molecular flexibility index (Phi) is 4.09. The van der Waals surface area contributed by atoms with E-state index in [0.717, 1.165) is 0 Å². The van der Waals surface area contributed by atoms with Gasteiger partial charge in [0.1, 0.15) is 17.3 Å². The van der Waals surface area contributed by atoms with Crippen molar-refractivity contribution in [1.29, 1.82) is 0 Å². The molecule has 0 radical (unpaired) electrons. The van der Waals surface area contributed by atoms with Crippen LogP contribution in [0, 0.1) is 5.82 Å². The Labute approximate surface area is 118 Å². The molecule has 106 valence electrons. The van der Waals surface area contributed by atoms with Crippen molar-refractivity contribution < 1.29 is 14.2 Å². The van der Waals surface area contributed by atoms with E-state index in [2.05, 4.69) is 20.8 Å². The minimum atomic E-state index is -0.385. The Balaban J connectivity index is 2.22. The molecular weight excluding hydrogens is 255 g/mol. The molecule has 0 spiro atoms. The molecule has 0 unspecified atom stereocenters. The lowest BCUT2D eigenvalue weighted by atomic mass is 9.87. The number of aliphatic hydroxyl groups excluding tert-OH is 1. The van der Waals surface area contributed by atoms with E-state index in [-0.39, 0.29) is 17.8 Å². The first-order valence-electron chi connectivity index (χ1n) is 6.58. The zero-order valence-electron chi connectivity index (χ0n) is 12.0. The van der Waals surface area contributed by atoms with Gasteiger partial charge in [-0.2, -0.15) is 0 Å². The molecule has 20 heavy (non-hydrogen) atoms. The molecule has 2 aromatic rings. The Bertz CT molecular complexity index is 583. The van der Waals surface area contributed by atoms with Gasteiger partial charge in [0.15, 0.2) is 0 Å². The van der Waals surface area contributed by atoms with E-state index >= 15 is 0 Å². The average Bonchev–Trinajstić information content (AvgIpc) is 2.40. The fourth-order valence-corrected chi connectivity index (χ4v) is 1.92. The van der Waals surface area contributed by atoms with E-state index in [1.807, 2.05) is 24.3 Å². The second-order valence-electron chi connectivity index (χ2n) is 5.79. The molecular formula is C17H19FO2. The van der Waals surface area contributed by atoms with Gasteiger partial charge in [-0.3, -0.25) is 0 Å². The largest absolute Gasteiger partial charge is 0.457 e. The summed E-state index contributed by atoms with van der Waals surface area (Å²) in [5.41, 5.74) is 1.74. The van der Waals surface area contributed by atoms with Gasteiger partial charge in [0.05, 0.1) is 6.61 Å². The molecule has 2 aromatic carbocycles. The maximum absolute atomic E-state index is 13.1. The number of hydrogen-bond donors (Lipinski definition) is 1. The molecule has 0 aliphatic heterocycles. The standard InChI is InChI=1S/C17H19FO2/c1-17(2,3)13-4-7-15(8-5-13)20-16-9-6-14(18)10-12(16)11-19/h4-10,19H,11H2,1-3H3. The summed E-state index contributed by atoms with van der Waals surface area (Å²) in [6.45, 7) is 6.18. The van der Waals surface area contributed by atoms with Gasteiger partial charge in [0.2, 0.25) is 0 Å². The average molecular weight is 274 g/mol. The number of halogens is 1. The van der Waals surface area contributed by atoms with Crippen LogP contribution in [0.15, 0.2) is 42.5 Å². The molecule has 0 heterocycles. The van der Waals surface area contributed by atoms with Crippen LogP contribution >= 0.6 is 0 Å². The van der Waals surface area contributed by atoms with Crippen LogP contribution in [0.25, 0.3) is 0 Å². The van der Waals surface area contributed by atoms with Gasteiger partial charge in [0.25, 0.3) is 0 Å². The maximum atomic E-state index is 13.1. The van der Waals surface area contributed by atoms with Crippen LogP contribution in [0.1, 0.15) is 31.9 Å². The van der Waals surface area contributed by atoms with Crippen molar-refractivity contribution in [2.75, 3.05) is 0 Å². The van der Waals surface area contributed by atoms with Crippen LogP contribution in [0.2, 0.25) is 0 Å². The van der Waals surface area contributed by atoms with Gasteiger partial charge < -0.3 is 9.84 Å². The molecule has 0 saturated carbocycles. The quantitative estimate of drug-likeness (QED) is 0.898. The van der Waals surface area contributed by atoms with E-state index in [9.17, 15) is 9.50 Å². The molecule has 0 fully saturated rings. The summed E-state index contributed by atoms with van der Waals surface area (Å²) in [4.78, 5) is 0. The van der Waals surface area contributed by atoms with Gasteiger partial charge in [-0.15, -0.1) is 0 Å². The van der Waals surface area contributed by atoms with Crippen molar-refractivity contribution in [2.24, 2.45) is 0 Å². The predicted molar refractivity (Wildman–Crippen MR) is 77.5 cm³/mol. The normalized spacial score (nSPS) is 11.4. The van der Waals surface area contributed by atoms with Crippen molar-refractivity contribution in [1.82, 2.24) is 0 Å². The molecule has 1 N–H and O–H groups in total. The molecule has 0 aliphatic carbocycles. The summed E-state index contributed by atoms with van der Waals surface area (Å²) in [5, 5.41) is 9.23. The van der Waals surface area contributed by atoms with Gasteiger partial charge in [-0.25, -0.2) is 4.39 Å². The first-order chi connectivity index (χ1) is 9.40. The summed E-state index contributed by atoms with van der Waals surface area (Å²) in [6.07, 6.45) is 0. The van der Waals surface area contributed by atoms with Crippen LogP contribution in [-0.4, -0.2) is 5.11 Å². The third-order valence-corrected chi connectivity index (χ3v) is 3.14. The SMILES string of the molecule is CC(C)(C)c1ccc(Oc2ccc(F)cc2CO)cc1. The fourth-order valence-electron chi connectivity index (χ4n) is 1.92. The second-order valence-corrected chi connectivity index (χ2v) is 5.79. The van der Waals surface area contributed by atoms with Gasteiger partial charge in [-0.1, -0.05) is 32.9 Å². The van der Waals surface area contributed by atoms with Crippen LogP contribution < -0.4 is 4.74 Å². The van der Waals surface area contributed by atoms with Crippen molar-refractivity contribution >= 4 is 0 Å². The molecule has 0 aromatic heterocycles. The van der Waals surface area contributed by atoms with E-state index in [1.165, 1.54) is 23.8 Å². The molecule has 0 amide bonds. The van der Waals surface area contributed by atoms with Gasteiger partial charge >= 0.3 is 0 Å². The fraction of sp³-hybridized carbons (Fsp3) is 0.294. The minimum absolute atomic E-state index is 0.0880. The zero-order valence-corrected chi connectivity index (χ0v) is 12.0. The summed E-state index contributed by atoms with van der Waals surface area (Å²) in [7, 11) is 0. The highest BCUT2D eigenvalue weighted by Gasteiger charge is 2.13. The van der Waals surface area contributed by atoms with Crippen molar-refractivity contribution in [3.63, 3.8) is 0 Å². The second kappa shape index (κ2) is 5.63. The molecule has 0 aliphatic rings. The Morgan fingerprint density at radius 1 is 1.05 bits per heavy atom. The van der Waals surface area contributed by atoms with Crippen LogP contribution in [-0.2, 0) is 12.0 Å². The summed E-state index contributed by atoms with van der Waals surface area (Å²) in [6, 6.07) is 11.9. The molecule has 3 heteroatoms. The van der Waals surface area contributed by atoms with Gasteiger partial charge in [-0.05, 0) is 41.3 Å². The van der Waals surface area contributed by atoms with E-state index < -0.39 is 0 Å². The van der Waals surface area contributed by atoms with Crippen molar-refractivity contribution in [2.45, 2.75) is 32.8 Å². The highest BCUT2D eigenvalue weighted by Crippen LogP contribution is 2.29. The number of hydrogen-bond acceptors (Lipinski definition) is 2. The highest BCUT2D eigenvalue weighted by atomic mass is 19.1. The van der Waals surface area contributed by atoms with E-state index in [0.29, 0.717) is 17.1 Å². The Morgan fingerprint density at radius 2 is 1.70 bits per heavy atom. The zero-order chi connectivity index (χ0) is 14.8. The van der Waals surface area contributed by atoms with Gasteiger partial charge in [0, 0.05) is 5.56 Å². The van der Waals surface area contributed by atoms with Crippen molar-refractivity contribution in [3.8, 4) is 11.5 Å². The molecule has 0 saturated heterocycles. The Morgan fingerprint density at radius 3 is 2.25 bits per heavy atom. The summed E-state index contributed by atoms with van der Waals surface area (Å²) < 4.78 is 18.8. The monoisotopic (exact) mass is 274 g/mol. The number of rotatable bonds is 3. The summed E-state index contributed by atoms with van der Waals surface area (Å²) >= 11 is 0. The Hall–Kier alpha value is -1.87. The third-order valence-electron chi connectivity index (χ3n) is 3.14. The van der Waals surface area contributed by atoms with Crippen LogP contribution in [0.5, 0.6) is 11.5 Å². The molecule has 0 bridgehead atoms. The third kappa shape index (κ3) is 3.36. The lowest BCUT2D eigenvalue weighted by molar-refractivity contribution is 0.276. The van der Waals surface area contributed by atoms with Crippen molar-refractivity contribution in [3.05, 3.63) is 59.4 Å².